The summed E-state index contributed by atoms with van der Waals surface area (Å²) in [4.78, 5) is 0. The zero-order valence-electron chi connectivity index (χ0n) is 12.3. The van der Waals surface area contributed by atoms with Crippen molar-refractivity contribution in [2.45, 2.75) is 19.0 Å². The van der Waals surface area contributed by atoms with Crippen LogP contribution in [0.3, 0.4) is 0 Å². The summed E-state index contributed by atoms with van der Waals surface area (Å²) in [5, 5.41) is 7.90. The van der Waals surface area contributed by atoms with Crippen LogP contribution in [0, 0.1) is 0 Å². The summed E-state index contributed by atoms with van der Waals surface area (Å²) in [5.74, 6) is 0. The Bertz CT molecular complexity index is 753. The minimum absolute atomic E-state index is 0.245. The molecule has 1 atom stereocenters. The lowest BCUT2D eigenvalue weighted by Gasteiger charge is -2.17. The summed E-state index contributed by atoms with van der Waals surface area (Å²) < 4.78 is 1.33. The first-order valence-electron chi connectivity index (χ1n) is 7.40. The second kappa shape index (κ2) is 7.25. The molecule has 0 aliphatic carbocycles. The summed E-state index contributed by atoms with van der Waals surface area (Å²) >= 11 is 8.00. The van der Waals surface area contributed by atoms with Crippen molar-refractivity contribution in [3.05, 3.63) is 70.1 Å². The Balaban J connectivity index is 1.68. The highest BCUT2D eigenvalue weighted by molar-refractivity contribution is 7.17. The van der Waals surface area contributed by atoms with Gasteiger partial charge in [0.25, 0.3) is 0 Å². The SMILES string of the molecule is NCC(Cc1csc2ccccc12)NCc1ccccc1Cl. The fourth-order valence-corrected chi connectivity index (χ4v) is 3.77. The number of nitrogens with two attached hydrogens (primary N) is 1. The third-order valence-corrected chi connectivity index (χ3v) is 5.23. The van der Waals surface area contributed by atoms with Crippen LogP contribution < -0.4 is 11.1 Å². The van der Waals surface area contributed by atoms with Gasteiger partial charge >= 0.3 is 0 Å². The van der Waals surface area contributed by atoms with Crippen molar-refractivity contribution in [1.82, 2.24) is 5.32 Å². The molecule has 0 aliphatic rings. The first kappa shape index (κ1) is 15.5. The third kappa shape index (κ3) is 3.50. The lowest BCUT2D eigenvalue weighted by molar-refractivity contribution is 0.517. The zero-order valence-corrected chi connectivity index (χ0v) is 13.8. The molecule has 0 radical (unpaired) electrons. The van der Waals surface area contributed by atoms with E-state index in [1.807, 2.05) is 24.3 Å². The minimum atomic E-state index is 0.245. The van der Waals surface area contributed by atoms with E-state index in [0.717, 1.165) is 23.6 Å². The summed E-state index contributed by atoms with van der Waals surface area (Å²) in [5.41, 5.74) is 8.42. The van der Waals surface area contributed by atoms with E-state index < -0.39 is 0 Å². The second-order valence-electron chi connectivity index (χ2n) is 5.37. The van der Waals surface area contributed by atoms with E-state index in [4.69, 9.17) is 17.3 Å². The maximum Gasteiger partial charge on any atom is 0.0450 e. The highest BCUT2D eigenvalue weighted by atomic mass is 35.5. The van der Waals surface area contributed by atoms with Crippen LogP contribution in [-0.2, 0) is 13.0 Å². The normalized spacial score (nSPS) is 12.6. The summed E-state index contributed by atoms with van der Waals surface area (Å²) in [7, 11) is 0. The van der Waals surface area contributed by atoms with Gasteiger partial charge in [0.2, 0.25) is 0 Å². The van der Waals surface area contributed by atoms with Crippen LogP contribution in [-0.4, -0.2) is 12.6 Å². The number of fused-ring (bicyclic) bond motifs is 1. The van der Waals surface area contributed by atoms with Gasteiger partial charge in [0.05, 0.1) is 0 Å². The van der Waals surface area contributed by atoms with Crippen LogP contribution in [0.1, 0.15) is 11.1 Å². The highest BCUT2D eigenvalue weighted by Crippen LogP contribution is 2.26. The number of halogens is 1. The summed E-state index contributed by atoms with van der Waals surface area (Å²) in [6.45, 7) is 1.35. The number of hydrogen-bond donors (Lipinski definition) is 2. The zero-order chi connectivity index (χ0) is 15.4. The lowest BCUT2D eigenvalue weighted by Crippen LogP contribution is -2.37. The molecule has 3 N–H and O–H groups in total. The number of rotatable bonds is 6. The topological polar surface area (TPSA) is 38.0 Å². The fraction of sp³-hybridized carbons (Fsp3) is 0.222. The molecule has 0 amide bonds. The average molecular weight is 331 g/mol. The average Bonchev–Trinajstić information content (AvgIpc) is 2.96. The Hall–Kier alpha value is -1.39. The van der Waals surface area contributed by atoms with E-state index in [-0.39, 0.29) is 6.04 Å². The standard InChI is InChI=1S/C18H19ClN2S/c19-17-7-3-1-5-13(17)11-21-15(10-20)9-14-12-22-18-8-4-2-6-16(14)18/h1-8,12,15,21H,9-11,20H2. The molecule has 1 aromatic heterocycles. The Labute approximate surface area is 139 Å². The molecule has 3 rings (SSSR count). The highest BCUT2D eigenvalue weighted by Gasteiger charge is 2.11. The summed E-state index contributed by atoms with van der Waals surface area (Å²) in [6.07, 6.45) is 0.935. The minimum Gasteiger partial charge on any atom is -0.329 e. The molecule has 0 spiro atoms. The smallest absolute Gasteiger partial charge is 0.0450 e. The number of hydrogen-bond acceptors (Lipinski definition) is 3. The number of benzene rings is 2. The van der Waals surface area contributed by atoms with Crippen molar-refractivity contribution in [3.8, 4) is 0 Å². The van der Waals surface area contributed by atoms with Gasteiger partial charge in [-0.1, -0.05) is 48.0 Å². The maximum atomic E-state index is 6.20. The van der Waals surface area contributed by atoms with Crippen LogP contribution in [0.5, 0.6) is 0 Å². The Morgan fingerprint density at radius 1 is 1.05 bits per heavy atom. The van der Waals surface area contributed by atoms with Gasteiger partial charge in [-0.05, 0) is 40.4 Å². The number of thiophene rings is 1. The lowest BCUT2D eigenvalue weighted by atomic mass is 10.0. The van der Waals surface area contributed by atoms with Crippen molar-refractivity contribution in [3.63, 3.8) is 0 Å². The molecule has 0 saturated heterocycles. The quantitative estimate of drug-likeness (QED) is 0.710. The Morgan fingerprint density at radius 3 is 2.64 bits per heavy atom. The molecule has 4 heteroatoms. The fourth-order valence-electron chi connectivity index (χ4n) is 2.59. The third-order valence-electron chi connectivity index (χ3n) is 3.85. The molecule has 22 heavy (non-hydrogen) atoms. The van der Waals surface area contributed by atoms with Gasteiger partial charge in [0, 0.05) is 28.9 Å². The largest absolute Gasteiger partial charge is 0.329 e. The van der Waals surface area contributed by atoms with Gasteiger partial charge < -0.3 is 11.1 Å². The first-order valence-corrected chi connectivity index (χ1v) is 8.65. The van der Waals surface area contributed by atoms with Crippen molar-refractivity contribution in [1.29, 1.82) is 0 Å². The Kier molecular flexibility index (Phi) is 5.11. The van der Waals surface area contributed by atoms with E-state index >= 15 is 0 Å². The van der Waals surface area contributed by atoms with Gasteiger partial charge in [0.1, 0.15) is 0 Å². The predicted octanol–water partition coefficient (Wildman–Crippen LogP) is 4.21. The van der Waals surface area contributed by atoms with E-state index in [2.05, 4.69) is 35.0 Å². The molecular weight excluding hydrogens is 312 g/mol. The van der Waals surface area contributed by atoms with E-state index in [1.54, 1.807) is 11.3 Å². The van der Waals surface area contributed by atoms with Crippen LogP contribution >= 0.6 is 22.9 Å². The molecule has 0 fully saturated rings. The number of nitrogens with one attached hydrogen (secondary N) is 1. The molecule has 1 heterocycles. The molecule has 1 unspecified atom stereocenters. The monoisotopic (exact) mass is 330 g/mol. The van der Waals surface area contributed by atoms with Crippen LogP contribution in [0.25, 0.3) is 10.1 Å². The van der Waals surface area contributed by atoms with Crippen LogP contribution in [0.4, 0.5) is 0 Å². The van der Waals surface area contributed by atoms with Crippen LogP contribution in [0.2, 0.25) is 5.02 Å². The van der Waals surface area contributed by atoms with Gasteiger partial charge in [-0.25, -0.2) is 0 Å². The van der Waals surface area contributed by atoms with Gasteiger partial charge in [0.15, 0.2) is 0 Å². The van der Waals surface area contributed by atoms with Crippen molar-refractivity contribution in [2.24, 2.45) is 5.73 Å². The molecule has 3 aromatic rings. The van der Waals surface area contributed by atoms with Crippen molar-refractivity contribution < 1.29 is 0 Å². The molecular formula is C18H19ClN2S. The molecule has 0 saturated carbocycles. The van der Waals surface area contributed by atoms with Crippen molar-refractivity contribution >= 4 is 33.0 Å². The van der Waals surface area contributed by atoms with Gasteiger partial charge in [-0.3, -0.25) is 0 Å². The van der Waals surface area contributed by atoms with E-state index in [9.17, 15) is 0 Å². The molecule has 2 nitrogen and oxygen atoms in total. The Morgan fingerprint density at radius 2 is 1.82 bits per heavy atom. The molecule has 0 bridgehead atoms. The maximum absolute atomic E-state index is 6.20. The molecule has 0 aliphatic heterocycles. The van der Waals surface area contributed by atoms with Gasteiger partial charge in [-0.15, -0.1) is 11.3 Å². The second-order valence-corrected chi connectivity index (χ2v) is 6.68. The van der Waals surface area contributed by atoms with Crippen LogP contribution in [0.15, 0.2) is 53.9 Å². The van der Waals surface area contributed by atoms with E-state index in [1.165, 1.54) is 15.6 Å². The summed E-state index contributed by atoms with van der Waals surface area (Å²) in [6, 6.07) is 16.7. The van der Waals surface area contributed by atoms with E-state index in [0.29, 0.717) is 6.54 Å². The molecule has 114 valence electrons. The van der Waals surface area contributed by atoms with Gasteiger partial charge in [-0.2, -0.15) is 0 Å². The van der Waals surface area contributed by atoms with Crippen molar-refractivity contribution in [2.75, 3.05) is 6.54 Å². The first-order chi connectivity index (χ1) is 10.8. The predicted molar refractivity (Wildman–Crippen MR) is 96.7 cm³/mol. The molecule has 2 aromatic carbocycles.